The maximum atomic E-state index is 10.1. The number of aliphatic hydroxyl groups excluding tert-OH is 1. The summed E-state index contributed by atoms with van der Waals surface area (Å²) in [6.45, 7) is 3.86. The molecule has 1 atom stereocenters. The molecule has 0 amide bonds. The summed E-state index contributed by atoms with van der Waals surface area (Å²) in [7, 11) is 0. The van der Waals surface area contributed by atoms with E-state index in [9.17, 15) is 5.11 Å². The van der Waals surface area contributed by atoms with Crippen molar-refractivity contribution in [2.75, 3.05) is 0 Å². The van der Waals surface area contributed by atoms with Crippen LogP contribution in [0.3, 0.4) is 0 Å². The van der Waals surface area contributed by atoms with Gasteiger partial charge < -0.3 is 9.52 Å². The highest BCUT2D eigenvalue weighted by Crippen LogP contribution is 2.19. The molecule has 3 heteroatoms. The van der Waals surface area contributed by atoms with E-state index >= 15 is 0 Å². The Balaban J connectivity index is 2.17. The molecule has 3 nitrogen and oxygen atoms in total. The molecule has 1 unspecified atom stereocenters. The first kappa shape index (κ1) is 10.9. The molecule has 2 heterocycles. The first-order valence-corrected chi connectivity index (χ1v) is 5.29. The van der Waals surface area contributed by atoms with Crippen LogP contribution < -0.4 is 0 Å². The van der Waals surface area contributed by atoms with E-state index in [-0.39, 0.29) is 0 Å². The molecule has 2 aromatic heterocycles. The molecule has 0 fully saturated rings. The minimum atomic E-state index is -0.502. The molecule has 16 heavy (non-hydrogen) atoms. The lowest BCUT2D eigenvalue weighted by atomic mass is 10.0. The first-order valence-electron chi connectivity index (χ1n) is 5.29. The first-order chi connectivity index (χ1) is 7.65. The Bertz CT molecular complexity index is 443. The van der Waals surface area contributed by atoms with Crippen LogP contribution in [0.25, 0.3) is 0 Å². The van der Waals surface area contributed by atoms with E-state index in [4.69, 9.17) is 4.42 Å². The lowest BCUT2D eigenvalue weighted by molar-refractivity contribution is 0.178. The fourth-order valence-corrected chi connectivity index (χ4v) is 1.81. The Morgan fingerprint density at radius 3 is 2.56 bits per heavy atom. The fourth-order valence-electron chi connectivity index (χ4n) is 1.81. The topological polar surface area (TPSA) is 46.3 Å². The van der Waals surface area contributed by atoms with Crippen molar-refractivity contribution in [2.24, 2.45) is 0 Å². The molecule has 0 saturated heterocycles. The molecule has 0 aliphatic rings. The Kier molecular flexibility index (Phi) is 3.06. The van der Waals surface area contributed by atoms with E-state index in [0.29, 0.717) is 6.42 Å². The van der Waals surface area contributed by atoms with Crippen LogP contribution >= 0.6 is 0 Å². The summed E-state index contributed by atoms with van der Waals surface area (Å²) in [4.78, 5) is 4.28. The smallest absolute Gasteiger partial charge is 0.0935 e. The van der Waals surface area contributed by atoms with Gasteiger partial charge in [-0.05, 0) is 43.2 Å². The molecule has 1 N–H and O–H groups in total. The summed E-state index contributed by atoms with van der Waals surface area (Å²) in [6.07, 6.45) is 3.34. The highest BCUT2D eigenvalue weighted by molar-refractivity contribution is 5.24. The van der Waals surface area contributed by atoms with Crippen molar-refractivity contribution in [3.05, 3.63) is 53.2 Å². The maximum absolute atomic E-state index is 10.1. The molecule has 0 saturated carbocycles. The predicted octanol–water partition coefficient (Wildman–Crippen LogP) is 2.57. The van der Waals surface area contributed by atoms with Crippen molar-refractivity contribution in [3.8, 4) is 0 Å². The number of hydrogen-bond acceptors (Lipinski definition) is 3. The zero-order valence-corrected chi connectivity index (χ0v) is 9.47. The molecule has 0 radical (unpaired) electrons. The number of aryl methyl sites for hydroxylation is 2. The molecule has 0 spiro atoms. The third-order valence-corrected chi connectivity index (χ3v) is 2.50. The SMILES string of the molecule is Cc1cc(C(O)Cc2ccoc2)cc(C)n1. The van der Waals surface area contributed by atoms with Crippen molar-refractivity contribution >= 4 is 0 Å². The molecule has 84 valence electrons. The summed E-state index contributed by atoms with van der Waals surface area (Å²) >= 11 is 0. The van der Waals surface area contributed by atoms with Crippen molar-refractivity contribution in [2.45, 2.75) is 26.4 Å². The number of aromatic nitrogens is 1. The second kappa shape index (κ2) is 4.49. The molecule has 0 aromatic carbocycles. The van der Waals surface area contributed by atoms with Crippen molar-refractivity contribution in [3.63, 3.8) is 0 Å². The van der Waals surface area contributed by atoms with Crippen LogP contribution in [0.15, 0.2) is 35.1 Å². The lowest BCUT2D eigenvalue weighted by Gasteiger charge is -2.11. The second-order valence-corrected chi connectivity index (χ2v) is 4.03. The van der Waals surface area contributed by atoms with Crippen LogP contribution in [0.2, 0.25) is 0 Å². The summed E-state index contributed by atoms with van der Waals surface area (Å²) < 4.78 is 4.98. The standard InChI is InChI=1S/C13H15NO2/c1-9-5-12(6-10(2)14-9)13(15)7-11-3-4-16-8-11/h3-6,8,13,15H,7H2,1-2H3. The summed E-state index contributed by atoms with van der Waals surface area (Å²) in [5.41, 5.74) is 3.77. The van der Waals surface area contributed by atoms with E-state index < -0.39 is 6.10 Å². The van der Waals surface area contributed by atoms with Gasteiger partial charge in [0.15, 0.2) is 0 Å². The van der Waals surface area contributed by atoms with Gasteiger partial charge in [-0.3, -0.25) is 4.98 Å². The van der Waals surface area contributed by atoms with Gasteiger partial charge in [-0.1, -0.05) is 0 Å². The Hall–Kier alpha value is -1.61. The van der Waals surface area contributed by atoms with Crippen LogP contribution in [0.1, 0.15) is 28.6 Å². The Morgan fingerprint density at radius 1 is 1.31 bits per heavy atom. The van der Waals surface area contributed by atoms with E-state index in [1.165, 1.54) is 0 Å². The van der Waals surface area contributed by atoms with E-state index in [1.54, 1.807) is 12.5 Å². The monoisotopic (exact) mass is 217 g/mol. The number of pyridine rings is 1. The van der Waals surface area contributed by atoms with Gasteiger partial charge in [0.25, 0.3) is 0 Å². The van der Waals surface area contributed by atoms with Gasteiger partial charge in [0.2, 0.25) is 0 Å². The summed E-state index contributed by atoms with van der Waals surface area (Å²) in [5, 5.41) is 10.1. The molecular weight excluding hydrogens is 202 g/mol. The van der Waals surface area contributed by atoms with Crippen LogP contribution in [0.5, 0.6) is 0 Å². The second-order valence-electron chi connectivity index (χ2n) is 4.03. The number of aliphatic hydroxyl groups is 1. The van der Waals surface area contributed by atoms with Gasteiger partial charge in [0.1, 0.15) is 0 Å². The highest BCUT2D eigenvalue weighted by atomic mass is 16.3. The maximum Gasteiger partial charge on any atom is 0.0935 e. The average Bonchev–Trinajstić information content (AvgIpc) is 2.68. The van der Waals surface area contributed by atoms with E-state index in [2.05, 4.69) is 4.98 Å². The van der Waals surface area contributed by atoms with E-state index in [1.807, 2.05) is 32.0 Å². The number of nitrogens with zero attached hydrogens (tertiary/aromatic N) is 1. The number of hydrogen-bond donors (Lipinski definition) is 1. The van der Waals surface area contributed by atoms with Crippen LogP contribution in [-0.4, -0.2) is 10.1 Å². The van der Waals surface area contributed by atoms with Gasteiger partial charge in [-0.25, -0.2) is 0 Å². The van der Waals surface area contributed by atoms with Crippen molar-refractivity contribution < 1.29 is 9.52 Å². The quantitative estimate of drug-likeness (QED) is 0.859. The zero-order valence-electron chi connectivity index (χ0n) is 9.47. The van der Waals surface area contributed by atoms with E-state index in [0.717, 1.165) is 22.5 Å². The average molecular weight is 217 g/mol. The van der Waals surface area contributed by atoms with Gasteiger partial charge in [-0.2, -0.15) is 0 Å². The third-order valence-electron chi connectivity index (χ3n) is 2.50. The Labute approximate surface area is 94.8 Å². The largest absolute Gasteiger partial charge is 0.472 e. The lowest BCUT2D eigenvalue weighted by Crippen LogP contribution is -2.03. The molecule has 0 aliphatic heterocycles. The van der Waals surface area contributed by atoms with Gasteiger partial charge in [0.05, 0.1) is 18.6 Å². The normalized spacial score (nSPS) is 12.7. The van der Waals surface area contributed by atoms with Gasteiger partial charge in [-0.15, -0.1) is 0 Å². The van der Waals surface area contributed by atoms with Crippen molar-refractivity contribution in [1.29, 1.82) is 0 Å². The predicted molar refractivity (Wildman–Crippen MR) is 61.1 cm³/mol. The summed E-state index contributed by atoms with van der Waals surface area (Å²) in [6, 6.07) is 5.69. The highest BCUT2D eigenvalue weighted by Gasteiger charge is 2.10. The third kappa shape index (κ3) is 2.49. The van der Waals surface area contributed by atoms with Crippen LogP contribution in [0.4, 0.5) is 0 Å². The molecule has 2 aromatic rings. The van der Waals surface area contributed by atoms with Gasteiger partial charge >= 0.3 is 0 Å². The minimum Gasteiger partial charge on any atom is -0.472 e. The minimum absolute atomic E-state index is 0.502. The molecule has 0 bridgehead atoms. The molecular formula is C13H15NO2. The number of rotatable bonds is 3. The van der Waals surface area contributed by atoms with Crippen LogP contribution in [-0.2, 0) is 6.42 Å². The van der Waals surface area contributed by atoms with Crippen LogP contribution in [0, 0.1) is 13.8 Å². The Morgan fingerprint density at radius 2 is 2.00 bits per heavy atom. The zero-order chi connectivity index (χ0) is 11.5. The fraction of sp³-hybridized carbons (Fsp3) is 0.308. The summed E-state index contributed by atoms with van der Waals surface area (Å²) in [5.74, 6) is 0. The van der Waals surface area contributed by atoms with Gasteiger partial charge in [0, 0.05) is 17.8 Å². The van der Waals surface area contributed by atoms with Crippen molar-refractivity contribution in [1.82, 2.24) is 4.98 Å². The number of furan rings is 1. The molecule has 0 aliphatic carbocycles. The molecule has 2 rings (SSSR count).